The summed E-state index contributed by atoms with van der Waals surface area (Å²) in [7, 11) is 0. The van der Waals surface area contributed by atoms with Gasteiger partial charge in [0.15, 0.2) is 17.4 Å². The summed E-state index contributed by atoms with van der Waals surface area (Å²) in [4.78, 5) is 0. The van der Waals surface area contributed by atoms with Crippen LogP contribution in [0.2, 0.25) is 0 Å². The molecule has 0 unspecified atom stereocenters. The molecule has 0 fully saturated rings. The average Bonchev–Trinajstić information content (AvgIpc) is 2.43. The first-order valence-electron chi connectivity index (χ1n) is 5.49. The Labute approximate surface area is 127 Å². The number of hydrogen-bond donors (Lipinski definition) is 0. The molecule has 0 aliphatic heterocycles. The van der Waals surface area contributed by atoms with Gasteiger partial charge in [-0.25, -0.2) is 13.2 Å². The maximum absolute atomic E-state index is 13.6. The van der Waals surface area contributed by atoms with Crippen molar-refractivity contribution in [3.63, 3.8) is 0 Å². The number of ether oxygens (including phenoxy) is 1. The van der Waals surface area contributed by atoms with Crippen LogP contribution in [0.5, 0.6) is 11.5 Å². The van der Waals surface area contributed by atoms with Gasteiger partial charge in [0.25, 0.3) is 0 Å². The van der Waals surface area contributed by atoms with E-state index in [0.29, 0.717) is 4.47 Å². The van der Waals surface area contributed by atoms with E-state index in [1.165, 1.54) is 12.1 Å². The highest BCUT2D eigenvalue weighted by Gasteiger charge is 2.43. The number of benzene rings is 2. The largest absolute Gasteiger partial charge is 0.453 e. The second-order valence-corrected chi connectivity index (χ2v) is 4.93. The molecule has 0 atom stereocenters. The second kappa shape index (κ2) is 5.79. The number of alkyl halides is 3. The number of hydrogen-bond acceptors (Lipinski definition) is 1. The van der Waals surface area contributed by atoms with Gasteiger partial charge in [-0.3, -0.25) is 0 Å². The minimum Gasteiger partial charge on any atom is -0.453 e. The van der Waals surface area contributed by atoms with Crippen LogP contribution in [-0.2, 0) is 6.18 Å². The van der Waals surface area contributed by atoms with Crippen molar-refractivity contribution in [2.24, 2.45) is 0 Å². The molecule has 2 rings (SSSR count). The van der Waals surface area contributed by atoms with Crippen LogP contribution in [0.3, 0.4) is 0 Å². The van der Waals surface area contributed by atoms with Crippen molar-refractivity contribution in [2.75, 3.05) is 0 Å². The molecule has 118 valence electrons. The Hall–Kier alpha value is -1.77. The van der Waals surface area contributed by atoms with Crippen molar-refractivity contribution in [1.82, 2.24) is 0 Å². The molecule has 0 saturated heterocycles. The molecule has 0 aliphatic rings. The van der Waals surface area contributed by atoms with E-state index in [0.717, 1.165) is 12.1 Å². The molecule has 1 nitrogen and oxygen atoms in total. The van der Waals surface area contributed by atoms with E-state index >= 15 is 0 Å². The SMILES string of the molecule is Fc1c(F)c(F)c(C(F)(F)F)c(Oc2ccc(Br)cc2)c1F. The van der Waals surface area contributed by atoms with Crippen LogP contribution in [0.1, 0.15) is 5.56 Å². The molecular formula is C13H4BrF7O. The van der Waals surface area contributed by atoms with E-state index in [2.05, 4.69) is 20.7 Å². The smallest absolute Gasteiger partial charge is 0.423 e. The molecule has 0 aromatic heterocycles. The lowest BCUT2D eigenvalue weighted by Crippen LogP contribution is -2.15. The molecule has 0 spiro atoms. The zero-order chi connectivity index (χ0) is 16.7. The lowest BCUT2D eigenvalue weighted by atomic mass is 10.1. The van der Waals surface area contributed by atoms with Gasteiger partial charge in [0, 0.05) is 4.47 Å². The maximum atomic E-state index is 13.6. The monoisotopic (exact) mass is 388 g/mol. The van der Waals surface area contributed by atoms with Crippen LogP contribution in [0.4, 0.5) is 30.7 Å². The van der Waals surface area contributed by atoms with E-state index in [1.54, 1.807) is 0 Å². The quantitative estimate of drug-likeness (QED) is 0.358. The van der Waals surface area contributed by atoms with Crippen molar-refractivity contribution < 1.29 is 35.5 Å². The van der Waals surface area contributed by atoms with Gasteiger partial charge >= 0.3 is 6.18 Å². The highest BCUT2D eigenvalue weighted by Crippen LogP contribution is 2.43. The summed E-state index contributed by atoms with van der Waals surface area (Å²) in [5.41, 5.74) is -2.35. The van der Waals surface area contributed by atoms with Gasteiger partial charge in [-0.05, 0) is 24.3 Å². The summed E-state index contributed by atoms with van der Waals surface area (Å²) in [5, 5.41) is 0. The molecule has 22 heavy (non-hydrogen) atoms. The van der Waals surface area contributed by atoms with Crippen molar-refractivity contribution in [1.29, 1.82) is 0 Å². The average molecular weight is 389 g/mol. The normalized spacial score (nSPS) is 11.6. The van der Waals surface area contributed by atoms with E-state index in [4.69, 9.17) is 0 Å². The Bertz CT molecular complexity index is 710. The van der Waals surface area contributed by atoms with E-state index in [-0.39, 0.29) is 5.75 Å². The molecule has 2 aromatic rings. The summed E-state index contributed by atoms with van der Waals surface area (Å²) in [5.74, 6) is -11.9. The van der Waals surface area contributed by atoms with Gasteiger partial charge in [-0.15, -0.1) is 0 Å². The van der Waals surface area contributed by atoms with Crippen LogP contribution >= 0.6 is 15.9 Å². The first-order valence-corrected chi connectivity index (χ1v) is 6.28. The molecule has 0 bridgehead atoms. The van der Waals surface area contributed by atoms with Gasteiger partial charge < -0.3 is 4.74 Å². The Morgan fingerprint density at radius 2 is 1.27 bits per heavy atom. The summed E-state index contributed by atoms with van der Waals surface area (Å²) < 4.78 is 96.6. The zero-order valence-corrected chi connectivity index (χ0v) is 11.8. The Morgan fingerprint density at radius 3 is 1.77 bits per heavy atom. The van der Waals surface area contributed by atoms with Crippen molar-refractivity contribution in [3.05, 3.63) is 57.6 Å². The lowest BCUT2D eigenvalue weighted by molar-refractivity contribution is -0.141. The second-order valence-electron chi connectivity index (χ2n) is 4.01. The fourth-order valence-corrected chi connectivity index (χ4v) is 1.85. The van der Waals surface area contributed by atoms with Gasteiger partial charge in [0.1, 0.15) is 11.3 Å². The van der Waals surface area contributed by atoms with Crippen LogP contribution < -0.4 is 4.74 Å². The molecule has 0 heterocycles. The first-order chi connectivity index (χ1) is 10.1. The third kappa shape index (κ3) is 3.03. The number of halogens is 8. The highest BCUT2D eigenvalue weighted by molar-refractivity contribution is 9.10. The minimum absolute atomic E-state index is 0.321. The summed E-state index contributed by atoms with van der Waals surface area (Å²) in [6.07, 6.45) is -5.48. The topological polar surface area (TPSA) is 9.23 Å². The van der Waals surface area contributed by atoms with Crippen LogP contribution in [0, 0.1) is 23.3 Å². The molecule has 0 N–H and O–H groups in total. The van der Waals surface area contributed by atoms with Gasteiger partial charge in [-0.2, -0.15) is 17.6 Å². The Balaban J connectivity index is 2.65. The molecule has 9 heteroatoms. The fourth-order valence-electron chi connectivity index (χ4n) is 1.58. The molecule has 0 saturated carbocycles. The standard InChI is InChI=1S/C13H4BrF7O/c14-5-1-3-6(4-2-5)22-12-7(13(19,20)21)8(15)9(16)10(17)11(12)18/h1-4H. The summed E-state index contributed by atoms with van der Waals surface area (Å²) in [6.45, 7) is 0. The summed E-state index contributed by atoms with van der Waals surface area (Å²) >= 11 is 3.05. The highest BCUT2D eigenvalue weighted by atomic mass is 79.9. The van der Waals surface area contributed by atoms with Crippen LogP contribution in [0.15, 0.2) is 28.7 Å². The molecular weight excluding hydrogens is 385 g/mol. The van der Waals surface area contributed by atoms with E-state index < -0.39 is 40.8 Å². The van der Waals surface area contributed by atoms with E-state index in [9.17, 15) is 30.7 Å². The van der Waals surface area contributed by atoms with E-state index in [1.807, 2.05) is 0 Å². The number of rotatable bonds is 2. The summed E-state index contributed by atoms with van der Waals surface area (Å²) in [6, 6.07) is 4.94. The molecule has 2 aromatic carbocycles. The van der Waals surface area contributed by atoms with Crippen LogP contribution in [0.25, 0.3) is 0 Å². The first kappa shape index (κ1) is 16.6. The third-order valence-electron chi connectivity index (χ3n) is 2.54. The van der Waals surface area contributed by atoms with Crippen molar-refractivity contribution in [3.8, 4) is 11.5 Å². The molecule has 0 aliphatic carbocycles. The minimum atomic E-state index is -5.48. The maximum Gasteiger partial charge on any atom is 0.423 e. The fraction of sp³-hybridized carbons (Fsp3) is 0.0769. The zero-order valence-electron chi connectivity index (χ0n) is 10.2. The van der Waals surface area contributed by atoms with Gasteiger partial charge in [0.05, 0.1) is 0 Å². The predicted molar refractivity (Wildman–Crippen MR) is 65.5 cm³/mol. The lowest BCUT2D eigenvalue weighted by Gasteiger charge is -2.16. The van der Waals surface area contributed by atoms with Crippen molar-refractivity contribution >= 4 is 15.9 Å². The third-order valence-corrected chi connectivity index (χ3v) is 3.07. The van der Waals surface area contributed by atoms with Crippen molar-refractivity contribution in [2.45, 2.75) is 6.18 Å². The Morgan fingerprint density at radius 1 is 0.773 bits per heavy atom. The van der Waals surface area contributed by atoms with Gasteiger partial charge in [0.2, 0.25) is 11.6 Å². The predicted octanol–water partition coefficient (Wildman–Crippen LogP) is 5.82. The molecule has 0 radical (unpaired) electrons. The molecule has 0 amide bonds. The van der Waals surface area contributed by atoms with Crippen LogP contribution in [-0.4, -0.2) is 0 Å². The van der Waals surface area contributed by atoms with Gasteiger partial charge in [-0.1, -0.05) is 15.9 Å². The Kier molecular flexibility index (Phi) is 4.37.